The van der Waals surface area contributed by atoms with E-state index in [0.717, 1.165) is 11.1 Å². The summed E-state index contributed by atoms with van der Waals surface area (Å²) in [6.07, 6.45) is -0.194. The van der Waals surface area contributed by atoms with Crippen molar-refractivity contribution in [2.24, 2.45) is 42.6 Å². The molecule has 9 rings (SSSR count). The maximum Gasteiger partial charge on any atom is 0.347 e. The first-order valence-electron chi connectivity index (χ1n) is 11.3. The van der Waals surface area contributed by atoms with Crippen molar-refractivity contribution < 1.29 is 4.74 Å². The fourth-order valence-corrected chi connectivity index (χ4v) is 8.32. The highest BCUT2D eigenvalue weighted by molar-refractivity contribution is 5.42. The summed E-state index contributed by atoms with van der Waals surface area (Å²) in [4.78, 5) is 26.1. The monoisotopic (exact) mass is 413 g/mol. The average molecular weight is 413 g/mol. The van der Waals surface area contributed by atoms with Gasteiger partial charge < -0.3 is 4.74 Å². The molecule has 4 fully saturated rings. The van der Waals surface area contributed by atoms with Gasteiger partial charge in [-0.3, -0.25) is 0 Å². The van der Waals surface area contributed by atoms with Crippen molar-refractivity contribution in [3.8, 4) is 0 Å². The van der Waals surface area contributed by atoms with E-state index in [9.17, 15) is 9.59 Å². The van der Waals surface area contributed by atoms with Crippen molar-refractivity contribution in [1.29, 1.82) is 0 Å². The minimum Gasteiger partial charge on any atom is -0.366 e. The van der Waals surface area contributed by atoms with E-state index in [4.69, 9.17) is 4.74 Å². The van der Waals surface area contributed by atoms with Crippen molar-refractivity contribution in [3.05, 3.63) is 92.8 Å². The van der Waals surface area contributed by atoms with Crippen LogP contribution < -0.4 is 11.4 Å². The van der Waals surface area contributed by atoms with Gasteiger partial charge >= 0.3 is 11.4 Å². The maximum absolute atomic E-state index is 13.2. The third-order valence-electron chi connectivity index (χ3n) is 9.18. The molecule has 0 saturated heterocycles. The predicted octanol–water partition coefficient (Wildman–Crippen LogP) is 2.16. The minimum atomic E-state index is -0.362. The highest BCUT2D eigenvalue weighted by atomic mass is 16.5. The lowest BCUT2D eigenvalue weighted by molar-refractivity contribution is -0.0674. The molecule has 6 aliphatic rings. The summed E-state index contributed by atoms with van der Waals surface area (Å²) < 4.78 is 11.7. The molecule has 156 valence electrons. The third-order valence-corrected chi connectivity index (χ3v) is 9.18. The normalized spacial score (nSPS) is 39.1. The Hall–Kier alpha value is -2.86. The Morgan fingerprint density at radius 2 is 1.39 bits per heavy atom. The van der Waals surface area contributed by atoms with Gasteiger partial charge in [-0.25, -0.2) is 23.5 Å². The fraction of sp³-hybridized carbons (Fsp3) is 0.440. The van der Waals surface area contributed by atoms with Crippen LogP contribution in [0.5, 0.6) is 0 Å². The van der Waals surface area contributed by atoms with Gasteiger partial charge in [0.2, 0.25) is 0 Å². The second-order valence-electron chi connectivity index (χ2n) is 10.1. The van der Waals surface area contributed by atoms with Crippen molar-refractivity contribution in [1.82, 2.24) is 13.9 Å². The zero-order valence-electron chi connectivity index (χ0n) is 17.2. The number of nitrogens with zero attached hydrogens (tertiary/aromatic N) is 3. The van der Waals surface area contributed by atoms with Crippen LogP contribution in [0.2, 0.25) is 0 Å². The van der Waals surface area contributed by atoms with Gasteiger partial charge in [0.1, 0.15) is 6.10 Å². The molecule has 0 radical (unpaired) electrons. The molecule has 31 heavy (non-hydrogen) atoms. The van der Waals surface area contributed by atoms with E-state index in [2.05, 4.69) is 24.3 Å². The molecular formula is C25H23N3O3. The number of ether oxygens (including phenoxy) is 1. The van der Waals surface area contributed by atoms with E-state index in [1.54, 1.807) is 7.05 Å². The van der Waals surface area contributed by atoms with Gasteiger partial charge in [0.05, 0.1) is 18.2 Å². The lowest BCUT2D eigenvalue weighted by Gasteiger charge is -2.47. The molecule has 1 aromatic heterocycles. The molecule has 6 nitrogen and oxygen atoms in total. The predicted molar refractivity (Wildman–Crippen MR) is 113 cm³/mol. The van der Waals surface area contributed by atoms with Crippen LogP contribution in [0.15, 0.2) is 70.3 Å². The van der Waals surface area contributed by atoms with Crippen molar-refractivity contribution >= 4 is 0 Å². The summed E-state index contributed by atoms with van der Waals surface area (Å²) >= 11 is 0. The van der Waals surface area contributed by atoms with Gasteiger partial charge in [0, 0.05) is 7.05 Å². The number of rotatable bonds is 5. The zero-order chi connectivity index (χ0) is 20.6. The SMILES string of the molecule is Cn1c(=O)n2n(c1=O)C1(COC(c3ccccc3)c3ccccc3)[C@H]3[C@@H]4C2[C@H]2[C@@H]([C@H]43)[C@H]21. The molecule has 2 unspecified atom stereocenters. The molecule has 2 bridgehead atoms. The first kappa shape index (κ1) is 16.8. The van der Waals surface area contributed by atoms with Crippen LogP contribution in [0.4, 0.5) is 0 Å². The maximum atomic E-state index is 13.2. The van der Waals surface area contributed by atoms with Crippen molar-refractivity contribution in [2.75, 3.05) is 6.61 Å². The third kappa shape index (κ3) is 1.68. The largest absolute Gasteiger partial charge is 0.366 e. The number of benzene rings is 2. The Labute approximate surface area is 178 Å². The Kier molecular flexibility index (Phi) is 2.78. The molecule has 6 heteroatoms. The standard InChI is InChI=1S/C25H23N3O3/c1-26-23(29)27-21-17-15-16-18(21)20(16)25(19(15)17,28(27)24(26)30)12-31-22(13-8-4-2-5-9-13)14-10-6-3-7-11-14/h2-11,15-22H,12H2,1H3/t15-,16-,17-,18+,19-,20-,21?,25?/m1/s1. The van der Waals surface area contributed by atoms with Gasteiger partial charge in [-0.05, 0) is 46.6 Å². The molecule has 3 heterocycles. The summed E-state index contributed by atoms with van der Waals surface area (Å²) in [6, 6.07) is 20.8. The highest BCUT2D eigenvalue weighted by Crippen LogP contribution is 2.93. The van der Waals surface area contributed by atoms with E-state index >= 15 is 0 Å². The molecule has 0 N–H and O–H groups in total. The fourth-order valence-electron chi connectivity index (χ4n) is 8.32. The minimum absolute atomic E-state index is 0.155. The summed E-state index contributed by atoms with van der Waals surface area (Å²) in [5, 5.41) is 0. The first-order valence-corrected chi connectivity index (χ1v) is 11.3. The summed E-state index contributed by atoms with van der Waals surface area (Å²) in [5.41, 5.74) is 1.53. The molecular weight excluding hydrogens is 390 g/mol. The molecule has 3 aromatic rings. The number of aromatic nitrogens is 3. The summed E-state index contributed by atoms with van der Waals surface area (Å²) in [5.74, 6) is 3.48. The summed E-state index contributed by atoms with van der Waals surface area (Å²) in [6.45, 7) is 0.479. The van der Waals surface area contributed by atoms with Crippen LogP contribution in [-0.4, -0.2) is 20.5 Å². The van der Waals surface area contributed by atoms with E-state index in [0.29, 0.717) is 42.1 Å². The quantitative estimate of drug-likeness (QED) is 0.644. The van der Waals surface area contributed by atoms with E-state index in [1.807, 2.05) is 45.8 Å². The molecule has 4 saturated carbocycles. The smallest absolute Gasteiger partial charge is 0.347 e. The Bertz CT molecular complexity index is 1290. The lowest BCUT2D eigenvalue weighted by Crippen LogP contribution is -2.59. The van der Waals surface area contributed by atoms with Gasteiger partial charge in [-0.2, -0.15) is 0 Å². The van der Waals surface area contributed by atoms with Gasteiger partial charge in [-0.15, -0.1) is 0 Å². The molecule has 8 atom stereocenters. The molecule has 0 spiro atoms. The molecule has 2 aromatic carbocycles. The van der Waals surface area contributed by atoms with Gasteiger partial charge in [0.15, 0.2) is 0 Å². The topological polar surface area (TPSA) is 58.2 Å². The van der Waals surface area contributed by atoms with E-state index in [-0.39, 0.29) is 29.1 Å². The van der Waals surface area contributed by atoms with Crippen LogP contribution in [0.3, 0.4) is 0 Å². The zero-order valence-corrected chi connectivity index (χ0v) is 17.2. The van der Waals surface area contributed by atoms with Crippen LogP contribution in [0, 0.1) is 35.5 Å². The Balaban J connectivity index is 1.25. The van der Waals surface area contributed by atoms with E-state index in [1.165, 1.54) is 4.57 Å². The summed E-state index contributed by atoms with van der Waals surface area (Å²) in [7, 11) is 1.61. The average Bonchev–Trinajstić information content (AvgIpc) is 3.66. The molecule has 4 aliphatic carbocycles. The van der Waals surface area contributed by atoms with Gasteiger partial charge in [0.25, 0.3) is 0 Å². The van der Waals surface area contributed by atoms with Crippen LogP contribution >= 0.6 is 0 Å². The van der Waals surface area contributed by atoms with Crippen LogP contribution in [0.1, 0.15) is 23.3 Å². The molecule has 2 aliphatic heterocycles. The second kappa shape index (κ2) is 5.13. The van der Waals surface area contributed by atoms with Crippen LogP contribution in [-0.2, 0) is 17.3 Å². The highest BCUT2D eigenvalue weighted by Gasteiger charge is 2.95. The van der Waals surface area contributed by atoms with Crippen LogP contribution in [0.25, 0.3) is 0 Å². The van der Waals surface area contributed by atoms with Crippen molar-refractivity contribution in [2.45, 2.75) is 17.7 Å². The number of hydrogen-bond donors (Lipinski definition) is 0. The Morgan fingerprint density at radius 3 is 1.94 bits per heavy atom. The second-order valence-corrected chi connectivity index (χ2v) is 10.1. The van der Waals surface area contributed by atoms with Gasteiger partial charge in [-0.1, -0.05) is 60.7 Å². The molecule has 0 amide bonds. The first-order chi connectivity index (χ1) is 15.2. The lowest BCUT2D eigenvalue weighted by atomic mass is 9.77. The number of hydrogen-bond acceptors (Lipinski definition) is 3. The van der Waals surface area contributed by atoms with E-state index < -0.39 is 0 Å². The van der Waals surface area contributed by atoms with Crippen molar-refractivity contribution in [3.63, 3.8) is 0 Å². The Morgan fingerprint density at radius 1 is 0.839 bits per heavy atom.